The number of esters is 2. The molecule has 0 aromatic carbocycles. The summed E-state index contributed by atoms with van der Waals surface area (Å²) in [5.41, 5.74) is 0. The Bertz CT molecular complexity index is 555. The molecule has 0 saturated carbocycles. The van der Waals surface area contributed by atoms with Crippen LogP contribution in [-0.2, 0) is 19.1 Å². The van der Waals surface area contributed by atoms with Gasteiger partial charge in [-0.05, 0) is 44.9 Å². The van der Waals surface area contributed by atoms with Crippen LogP contribution in [0.1, 0.15) is 142 Å². The van der Waals surface area contributed by atoms with Gasteiger partial charge in [0.05, 0.1) is 6.61 Å². The minimum Gasteiger partial charge on any atom is -0.462 e. The average Bonchev–Trinajstić information content (AvgIpc) is 2.88. The van der Waals surface area contributed by atoms with E-state index < -0.39 is 6.10 Å². The summed E-state index contributed by atoms with van der Waals surface area (Å²) < 4.78 is 10.4. The number of hydrogen-bond acceptors (Lipinski definition) is 5. The van der Waals surface area contributed by atoms with Crippen molar-refractivity contribution in [2.45, 2.75) is 148 Å². The Morgan fingerprint density at radius 2 is 1.11 bits per heavy atom. The summed E-state index contributed by atoms with van der Waals surface area (Å²) in [7, 11) is 0. The Hall–Kier alpha value is -1.62. The van der Waals surface area contributed by atoms with Crippen LogP contribution >= 0.6 is 0 Å². The molecule has 0 aliphatic heterocycles. The van der Waals surface area contributed by atoms with Gasteiger partial charge in [0.1, 0.15) is 6.61 Å². The number of rotatable bonds is 26. The lowest BCUT2D eigenvalue weighted by atomic mass is 10.1. The molecule has 0 bridgehead atoms. The smallest absolute Gasteiger partial charge is 0.306 e. The van der Waals surface area contributed by atoms with Crippen molar-refractivity contribution in [2.24, 2.45) is 0 Å². The van der Waals surface area contributed by atoms with E-state index in [0.717, 1.165) is 51.4 Å². The van der Waals surface area contributed by atoms with Gasteiger partial charge < -0.3 is 14.6 Å². The number of aliphatic hydroxyl groups excluding tert-OH is 1. The molecule has 0 fully saturated rings. The van der Waals surface area contributed by atoms with Gasteiger partial charge in [-0.25, -0.2) is 0 Å². The summed E-state index contributed by atoms with van der Waals surface area (Å²) in [5.74, 6) is -0.619. The van der Waals surface area contributed by atoms with Gasteiger partial charge in [0.2, 0.25) is 0 Å². The molecule has 1 atom stereocenters. The molecular formula is C31H56O5. The molecule has 1 unspecified atom stereocenters. The van der Waals surface area contributed by atoms with E-state index in [2.05, 4.69) is 38.2 Å². The molecular weight excluding hydrogens is 452 g/mol. The van der Waals surface area contributed by atoms with Gasteiger partial charge in [0.15, 0.2) is 6.10 Å². The van der Waals surface area contributed by atoms with Crippen LogP contribution in [0.15, 0.2) is 24.3 Å². The highest BCUT2D eigenvalue weighted by molar-refractivity contribution is 5.70. The van der Waals surface area contributed by atoms with E-state index in [-0.39, 0.29) is 25.2 Å². The molecule has 0 aliphatic carbocycles. The summed E-state index contributed by atoms with van der Waals surface area (Å²) in [5, 5.41) is 9.42. The Morgan fingerprint density at radius 3 is 1.67 bits per heavy atom. The number of unbranched alkanes of at least 4 members (excludes halogenated alkanes) is 14. The fraction of sp³-hybridized carbons (Fsp3) is 0.806. The van der Waals surface area contributed by atoms with Crippen LogP contribution in [0.4, 0.5) is 0 Å². The summed E-state index contributed by atoms with van der Waals surface area (Å²) >= 11 is 0. The zero-order chi connectivity index (χ0) is 26.5. The standard InChI is InChI=1S/C31H56O5/c1-3-5-7-9-11-12-13-14-15-16-17-18-19-20-22-24-26-31(34)36-29(27-32)28-35-30(33)25-23-21-10-8-6-4-2/h12-13,15-16,29,32H,3-11,14,17-28H2,1-2H3/b13-12-,16-15-. The topological polar surface area (TPSA) is 72.8 Å². The molecule has 5 nitrogen and oxygen atoms in total. The molecule has 0 aliphatic rings. The Kier molecular flexibility index (Phi) is 26.7. The molecule has 36 heavy (non-hydrogen) atoms. The molecule has 0 radical (unpaired) electrons. The predicted octanol–water partition coefficient (Wildman–Crippen LogP) is 8.39. The van der Waals surface area contributed by atoms with E-state index in [0.29, 0.717) is 12.8 Å². The normalized spacial score (nSPS) is 12.4. The summed E-state index contributed by atoms with van der Waals surface area (Å²) in [4.78, 5) is 23.8. The molecule has 5 heteroatoms. The van der Waals surface area contributed by atoms with Gasteiger partial charge in [0, 0.05) is 12.8 Å². The maximum absolute atomic E-state index is 12.0. The number of carbonyl (C=O) groups excluding carboxylic acids is 2. The quantitative estimate of drug-likeness (QED) is 0.0721. The fourth-order valence-corrected chi connectivity index (χ4v) is 3.93. The van der Waals surface area contributed by atoms with Crippen molar-refractivity contribution in [3.63, 3.8) is 0 Å². The van der Waals surface area contributed by atoms with Crippen molar-refractivity contribution in [1.82, 2.24) is 0 Å². The zero-order valence-electron chi connectivity index (χ0n) is 23.5. The lowest BCUT2D eigenvalue weighted by Gasteiger charge is -2.15. The second-order valence-electron chi connectivity index (χ2n) is 9.83. The summed E-state index contributed by atoms with van der Waals surface area (Å²) in [6.07, 6.45) is 29.6. The van der Waals surface area contributed by atoms with Gasteiger partial charge in [-0.15, -0.1) is 0 Å². The highest BCUT2D eigenvalue weighted by Crippen LogP contribution is 2.10. The molecule has 0 spiro atoms. The number of carbonyl (C=O) groups is 2. The lowest BCUT2D eigenvalue weighted by molar-refractivity contribution is -0.161. The first-order valence-corrected chi connectivity index (χ1v) is 14.9. The van der Waals surface area contributed by atoms with Crippen molar-refractivity contribution in [3.05, 3.63) is 24.3 Å². The number of hydrogen-bond donors (Lipinski definition) is 1. The van der Waals surface area contributed by atoms with Gasteiger partial charge >= 0.3 is 11.9 Å². The third-order valence-electron chi connectivity index (χ3n) is 6.25. The molecule has 1 N–H and O–H groups in total. The van der Waals surface area contributed by atoms with Crippen molar-refractivity contribution in [1.29, 1.82) is 0 Å². The van der Waals surface area contributed by atoms with E-state index in [1.807, 2.05) is 0 Å². The van der Waals surface area contributed by atoms with E-state index in [9.17, 15) is 14.7 Å². The van der Waals surface area contributed by atoms with Gasteiger partial charge in [-0.2, -0.15) is 0 Å². The minimum absolute atomic E-state index is 0.0703. The Balaban J connectivity index is 3.62. The van der Waals surface area contributed by atoms with Crippen LogP contribution < -0.4 is 0 Å². The monoisotopic (exact) mass is 508 g/mol. The molecule has 210 valence electrons. The van der Waals surface area contributed by atoms with Crippen molar-refractivity contribution >= 4 is 11.9 Å². The zero-order valence-corrected chi connectivity index (χ0v) is 23.5. The van der Waals surface area contributed by atoms with Crippen LogP contribution in [0.3, 0.4) is 0 Å². The maximum atomic E-state index is 12.0. The number of aliphatic hydroxyl groups is 1. The summed E-state index contributed by atoms with van der Waals surface area (Å²) in [6, 6.07) is 0. The lowest BCUT2D eigenvalue weighted by Crippen LogP contribution is -2.28. The average molecular weight is 509 g/mol. The third kappa shape index (κ3) is 25.5. The predicted molar refractivity (Wildman–Crippen MR) is 150 cm³/mol. The van der Waals surface area contributed by atoms with Gasteiger partial charge in [-0.1, -0.05) is 109 Å². The number of ether oxygens (including phenoxy) is 2. The second-order valence-corrected chi connectivity index (χ2v) is 9.83. The van der Waals surface area contributed by atoms with Crippen molar-refractivity contribution in [2.75, 3.05) is 13.2 Å². The summed E-state index contributed by atoms with van der Waals surface area (Å²) in [6.45, 7) is 4.02. The molecule has 0 rings (SSSR count). The third-order valence-corrected chi connectivity index (χ3v) is 6.25. The van der Waals surface area contributed by atoms with E-state index in [1.165, 1.54) is 64.2 Å². The van der Waals surface area contributed by atoms with Crippen LogP contribution in [0.25, 0.3) is 0 Å². The van der Waals surface area contributed by atoms with E-state index in [1.54, 1.807) is 0 Å². The fourth-order valence-electron chi connectivity index (χ4n) is 3.93. The van der Waals surface area contributed by atoms with Crippen LogP contribution in [-0.4, -0.2) is 36.4 Å². The Labute approximate surface area is 222 Å². The van der Waals surface area contributed by atoms with Crippen molar-refractivity contribution in [3.8, 4) is 0 Å². The molecule has 0 aromatic rings. The minimum atomic E-state index is -0.770. The first-order valence-electron chi connectivity index (χ1n) is 14.9. The van der Waals surface area contributed by atoms with Crippen LogP contribution in [0, 0.1) is 0 Å². The molecule has 0 saturated heterocycles. The first kappa shape index (κ1) is 34.4. The van der Waals surface area contributed by atoms with E-state index >= 15 is 0 Å². The first-order chi connectivity index (χ1) is 17.6. The number of allylic oxidation sites excluding steroid dienone is 4. The second kappa shape index (κ2) is 28.0. The highest BCUT2D eigenvalue weighted by atomic mass is 16.6. The van der Waals surface area contributed by atoms with Gasteiger partial charge in [0.25, 0.3) is 0 Å². The SMILES string of the molecule is CCCCCC/C=C\C/C=C\CCCCCCCC(=O)OC(CO)COC(=O)CCCCCCCC. The van der Waals surface area contributed by atoms with E-state index in [4.69, 9.17) is 9.47 Å². The molecule has 0 aromatic heterocycles. The largest absolute Gasteiger partial charge is 0.462 e. The van der Waals surface area contributed by atoms with Gasteiger partial charge in [-0.3, -0.25) is 9.59 Å². The highest BCUT2D eigenvalue weighted by Gasteiger charge is 2.16. The maximum Gasteiger partial charge on any atom is 0.306 e. The van der Waals surface area contributed by atoms with Crippen LogP contribution in [0.2, 0.25) is 0 Å². The Morgan fingerprint density at radius 1 is 0.639 bits per heavy atom. The molecule has 0 heterocycles. The van der Waals surface area contributed by atoms with Crippen molar-refractivity contribution < 1.29 is 24.2 Å². The van der Waals surface area contributed by atoms with Crippen LogP contribution in [0.5, 0.6) is 0 Å². The molecule has 0 amide bonds.